The molecule has 0 unspecified atom stereocenters. The topological polar surface area (TPSA) is 74.6 Å². The lowest BCUT2D eigenvalue weighted by atomic mass is 10.1. The minimum atomic E-state index is -2.90. The van der Waals surface area contributed by atoms with Gasteiger partial charge in [0, 0.05) is 31.1 Å². The Morgan fingerprint density at radius 2 is 1.75 bits per heavy atom. The van der Waals surface area contributed by atoms with Crippen LogP contribution < -0.4 is 0 Å². The molecule has 74 valence electrons. The molecule has 4 nitrogen and oxygen atoms in total. The fraction of sp³-hybridized carbons (Fsp3) is 1.00. The maximum atomic E-state index is 10.7. The summed E-state index contributed by atoms with van der Waals surface area (Å²) in [7, 11) is -2.90. The Morgan fingerprint density at radius 3 is 2.08 bits per heavy atom. The SMILES string of the molecule is CS(=O)(=O)CCCC(CO)CO. The second-order valence-corrected chi connectivity index (χ2v) is 5.26. The summed E-state index contributed by atoms with van der Waals surface area (Å²) in [6.07, 6.45) is 2.24. The fourth-order valence-corrected chi connectivity index (χ4v) is 1.57. The van der Waals surface area contributed by atoms with Crippen molar-refractivity contribution < 1.29 is 18.6 Å². The van der Waals surface area contributed by atoms with Gasteiger partial charge in [-0.05, 0) is 12.8 Å². The molecule has 0 spiro atoms. The van der Waals surface area contributed by atoms with Gasteiger partial charge in [-0.3, -0.25) is 0 Å². The molecule has 5 heteroatoms. The van der Waals surface area contributed by atoms with Crippen molar-refractivity contribution in [2.75, 3.05) is 25.2 Å². The molecule has 2 N–H and O–H groups in total. The van der Waals surface area contributed by atoms with E-state index in [0.29, 0.717) is 12.8 Å². The monoisotopic (exact) mass is 196 g/mol. The van der Waals surface area contributed by atoms with Gasteiger partial charge in [0.2, 0.25) is 0 Å². The van der Waals surface area contributed by atoms with Crippen LogP contribution in [0.2, 0.25) is 0 Å². The Labute approximate surface area is 73.1 Å². The highest BCUT2D eigenvalue weighted by Crippen LogP contribution is 2.05. The van der Waals surface area contributed by atoms with Gasteiger partial charge in [-0.1, -0.05) is 0 Å². The van der Waals surface area contributed by atoms with Gasteiger partial charge in [-0.25, -0.2) is 8.42 Å². The minimum absolute atomic E-state index is 0.0831. The molecule has 0 amide bonds. The summed E-state index contributed by atoms with van der Waals surface area (Å²) in [5.74, 6) is -0.0458. The van der Waals surface area contributed by atoms with Crippen molar-refractivity contribution in [3.8, 4) is 0 Å². The number of aliphatic hydroxyl groups is 2. The van der Waals surface area contributed by atoms with Gasteiger partial charge < -0.3 is 10.2 Å². The fourth-order valence-electron chi connectivity index (χ4n) is 0.875. The van der Waals surface area contributed by atoms with Gasteiger partial charge in [0.25, 0.3) is 0 Å². The third kappa shape index (κ3) is 6.57. The average Bonchev–Trinajstić information content (AvgIpc) is 1.96. The maximum absolute atomic E-state index is 10.7. The lowest BCUT2D eigenvalue weighted by Crippen LogP contribution is -2.13. The molecular weight excluding hydrogens is 180 g/mol. The quantitative estimate of drug-likeness (QED) is 0.595. The zero-order chi connectivity index (χ0) is 9.61. The summed E-state index contributed by atoms with van der Waals surface area (Å²) in [6, 6.07) is 0. The molecule has 0 aromatic carbocycles. The maximum Gasteiger partial charge on any atom is 0.147 e. The van der Waals surface area contributed by atoms with Gasteiger partial charge in [0.05, 0.1) is 0 Å². The predicted molar refractivity (Wildman–Crippen MR) is 46.6 cm³/mol. The van der Waals surface area contributed by atoms with E-state index >= 15 is 0 Å². The van der Waals surface area contributed by atoms with E-state index in [4.69, 9.17) is 10.2 Å². The number of hydrogen-bond acceptors (Lipinski definition) is 4. The van der Waals surface area contributed by atoms with Crippen molar-refractivity contribution in [1.82, 2.24) is 0 Å². The van der Waals surface area contributed by atoms with E-state index in [1.54, 1.807) is 0 Å². The third-order valence-corrected chi connectivity index (χ3v) is 2.67. The summed E-state index contributed by atoms with van der Waals surface area (Å²) in [5, 5.41) is 17.3. The average molecular weight is 196 g/mol. The molecular formula is C7H16O4S. The number of rotatable bonds is 6. The molecule has 0 fully saturated rings. The molecule has 0 radical (unpaired) electrons. The van der Waals surface area contributed by atoms with Crippen LogP contribution in [0.25, 0.3) is 0 Å². The van der Waals surface area contributed by atoms with Crippen LogP contribution in [0.15, 0.2) is 0 Å². The Morgan fingerprint density at radius 1 is 1.25 bits per heavy atom. The van der Waals surface area contributed by atoms with E-state index < -0.39 is 9.84 Å². The minimum Gasteiger partial charge on any atom is -0.396 e. The van der Waals surface area contributed by atoms with Crippen LogP contribution in [-0.4, -0.2) is 43.9 Å². The standard InChI is InChI=1S/C7H16O4S/c1-12(10,11)4-2-3-7(5-8)6-9/h7-9H,2-6H2,1H3. The highest BCUT2D eigenvalue weighted by Gasteiger charge is 2.07. The predicted octanol–water partition coefficient (Wildman–Crippen LogP) is -0.588. The van der Waals surface area contributed by atoms with Crippen molar-refractivity contribution in [2.45, 2.75) is 12.8 Å². The normalized spacial score (nSPS) is 12.3. The summed E-state index contributed by atoms with van der Waals surface area (Å²) < 4.78 is 21.3. The van der Waals surface area contributed by atoms with Crippen LogP contribution in [0.1, 0.15) is 12.8 Å². The van der Waals surface area contributed by atoms with E-state index in [2.05, 4.69) is 0 Å². The van der Waals surface area contributed by atoms with Crippen molar-refractivity contribution in [2.24, 2.45) is 5.92 Å². The highest BCUT2D eigenvalue weighted by molar-refractivity contribution is 7.90. The van der Waals surface area contributed by atoms with Crippen molar-refractivity contribution >= 4 is 9.84 Å². The van der Waals surface area contributed by atoms with Gasteiger partial charge in [-0.2, -0.15) is 0 Å². The summed E-state index contributed by atoms with van der Waals surface area (Å²) in [5.41, 5.74) is 0. The van der Waals surface area contributed by atoms with Gasteiger partial charge >= 0.3 is 0 Å². The molecule has 0 aliphatic carbocycles. The lowest BCUT2D eigenvalue weighted by Gasteiger charge is -2.08. The van der Waals surface area contributed by atoms with Crippen LogP contribution >= 0.6 is 0 Å². The highest BCUT2D eigenvalue weighted by atomic mass is 32.2. The van der Waals surface area contributed by atoms with Crippen molar-refractivity contribution in [3.05, 3.63) is 0 Å². The molecule has 0 saturated heterocycles. The summed E-state index contributed by atoms with van der Waals surface area (Å²) in [6.45, 7) is -0.166. The summed E-state index contributed by atoms with van der Waals surface area (Å²) >= 11 is 0. The number of aliphatic hydroxyl groups excluding tert-OH is 2. The molecule has 0 aromatic rings. The first-order valence-electron chi connectivity index (χ1n) is 3.89. The molecule has 0 aliphatic rings. The third-order valence-electron chi connectivity index (χ3n) is 1.64. The number of sulfone groups is 1. The molecule has 0 saturated carbocycles. The smallest absolute Gasteiger partial charge is 0.147 e. The Balaban J connectivity index is 3.55. The Hall–Kier alpha value is -0.130. The van der Waals surface area contributed by atoms with E-state index in [-0.39, 0.29) is 24.9 Å². The molecule has 0 rings (SSSR count). The molecule has 0 atom stereocenters. The van der Waals surface area contributed by atoms with E-state index in [0.717, 1.165) is 0 Å². The van der Waals surface area contributed by atoms with Crippen LogP contribution in [0, 0.1) is 5.92 Å². The second-order valence-electron chi connectivity index (χ2n) is 3.00. The zero-order valence-corrected chi connectivity index (χ0v) is 8.05. The lowest BCUT2D eigenvalue weighted by molar-refractivity contribution is 0.143. The van der Waals surface area contributed by atoms with E-state index in [9.17, 15) is 8.42 Å². The van der Waals surface area contributed by atoms with Crippen LogP contribution in [0.4, 0.5) is 0 Å². The number of hydrogen-bond donors (Lipinski definition) is 2. The van der Waals surface area contributed by atoms with Gasteiger partial charge in [0.1, 0.15) is 9.84 Å². The molecule has 12 heavy (non-hydrogen) atoms. The van der Waals surface area contributed by atoms with Crippen LogP contribution in [0.3, 0.4) is 0 Å². The zero-order valence-electron chi connectivity index (χ0n) is 7.23. The van der Waals surface area contributed by atoms with Gasteiger partial charge in [-0.15, -0.1) is 0 Å². The van der Waals surface area contributed by atoms with Gasteiger partial charge in [0.15, 0.2) is 0 Å². The van der Waals surface area contributed by atoms with Crippen LogP contribution in [-0.2, 0) is 9.84 Å². The van der Waals surface area contributed by atoms with E-state index in [1.807, 2.05) is 0 Å². The van der Waals surface area contributed by atoms with E-state index in [1.165, 1.54) is 6.26 Å². The molecule has 0 heterocycles. The first kappa shape index (κ1) is 11.9. The Kier molecular flexibility index (Phi) is 5.44. The Bertz CT molecular complexity index is 193. The largest absolute Gasteiger partial charge is 0.396 e. The van der Waals surface area contributed by atoms with Crippen molar-refractivity contribution in [1.29, 1.82) is 0 Å². The molecule has 0 aliphatic heterocycles. The second kappa shape index (κ2) is 5.50. The molecule has 0 aromatic heterocycles. The first-order valence-corrected chi connectivity index (χ1v) is 5.95. The first-order chi connectivity index (χ1) is 5.49. The van der Waals surface area contributed by atoms with Crippen LogP contribution in [0.5, 0.6) is 0 Å². The molecule has 0 bridgehead atoms. The van der Waals surface area contributed by atoms with Crippen molar-refractivity contribution in [3.63, 3.8) is 0 Å². The summed E-state index contributed by atoms with van der Waals surface area (Å²) in [4.78, 5) is 0.